The Hall–Kier alpha value is -1.62. The molecule has 0 unspecified atom stereocenters. The number of halogens is 2. The maximum absolute atomic E-state index is 5.79. The molecule has 0 atom stereocenters. The predicted octanol–water partition coefficient (Wildman–Crippen LogP) is 5.00. The first-order valence-corrected chi connectivity index (χ1v) is 7.68. The number of rotatable bonds is 3. The van der Waals surface area contributed by atoms with E-state index in [9.17, 15) is 0 Å². The zero-order chi connectivity index (χ0) is 14.7. The molecule has 2 aromatic carbocycles. The van der Waals surface area contributed by atoms with Gasteiger partial charge in [0.15, 0.2) is 5.82 Å². The Morgan fingerprint density at radius 3 is 1.86 bits per heavy atom. The molecular formula is C15H9Cl2N3S. The molecule has 6 heteroatoms. The van der Waals surface area contributed by atoms with E-state index in [1.165, 1.54) is 4.90 Å². The predicted molar refractivity (Wildman–Crippen MR) is 85.8 cm³/mol. The molecule has 0 N–H and O–H groups in total. The average molecular weight is 334 g/mol. The largest absolute Gasteiger partial charge is 0.227 e. The summed E-state index contributed by atoms with van der Waals surface area (Å²) in [4.78, 5) is 14.2. The lowest BCUT2D eigenvalue weighted by Crippen LogP contribution is -1.93. The molecule has 0 radical (unpaired) electrons. The van der Waals surface area contributed by atoms with E-state index in [0.717, 1.165) is 10.5 Å². The Morgan fingerprint density at radius 1 is 0.667 bits per heavy atom. The van der Waals surface area contributed by atoms with E-state index >= 15 is 0 Å². The Balaban J connectivity index is 1.84. The van der Waals surface area contributed by atoms with Crippen LogP contribution in [0, 0.1) is 0 Å². The van der Waals surface area contributed by atoms with Crippen LogP contribution in [0.5, 0.6) is 0 Å². The summed E-state index contributed by atoms with van der Waals surface area (Å²) in [5, 5.41) is 0.181. The Morgan fingerprint density at radius 2 is 1.24 bits per heavy atom. The second-order valence-corrected chi connectivity index (χ2v) is 5.96. The van der Waals surface area contributed by atoms with E-state index in [1.54, 1.807) is 11.8 Å². The molecule has 0 aliphatic carbocycles. The molecule has 3 aromatic rings. The summed E-state index contributed by atoms with van der Waals surface area (Å²) in [5.41, 5.74) is 0.846. The SMILES string of the molecule is Clc1nc(Cl)nc(-c2ccc(Sc3ccccc3)cc2)n1. The fourth-order valence-electron chi connectivity index (χ4n) is 1.75. The highest BCUT2D eigenvalue weighted by Crippen LogP contribution is 2.29. The molecule has 104 valence electrons. The smallest absolute Gasteiger partial charge is 0.198 e. The third-order valence-electron chi connectivity index (χ3n) is 2.67. The van der Waals surface area contributed by atoms with Crippen molar-refractivity contribution in [1.82, 2.24) is 15.0 Å². The number of nitrogens with zero attached hydrogens (tertiary/aromatic N) is 3. The van der Waals surface area contributed by atoms with Crippen molar-refractivity contribution in [3.63, 3.8) is 0 Å². The minimum absolute atomic E-state index is 0.0905. The van der Waals surface area contributed by atoms with E-state index in [0.29, 0.717) is 5.82 Å². The number of benzene rings is 2. The first kappa shape index (κ1) is 14.3. The maximum atomic E-state index is 5.79. The van der Waals surface area contributed by atoms with E-state index in [4.69, 9.17) is 23.2 Å². The molecule has 1 aromatic heterocycles. The van der Waals surface area contributed by atoms with Crippen LogP contribution in [-0.2, 0) is 0 Å². The summed E-state index contributed by atoms with van der Waals surface area (Å²) < 4.78 is 0. The highest BCUT2D eigenvalue weighted by Gasteiger charge is 2.06. The van der Waals surface area contributed by atoms with Crippen molar-refractivity contribution in [2.75, 3.05) is 0 Å². The molecule has 0 aliphatic heterocycles. The molecule has 0 amide bonds. The van der Waals surface area contributed by atoms with E-state index in [1.807, 2.05) is 42.5 Å². The Labute approximate surface area is 136 Å². The number of hydrogen-bond donors (Lipinski definition) is 0. The summed E-state index contributed by atoms with van der Waals surface area (Å²) in [6.07, 6.45) is 0. The second kappa shape index (κ2) is 6.43. The van der Waals surface area contributed by atoms with Crippen LogP contribution in [0.15, 0.2) is 64.4 Å². The topological polar surface area (TPSA) is 38.7 Å². The molecule has 1 heterocycles. The average Bonchev–Trinajstić information content (AvgIpc) is 2.48. The van der Waals surface area contributed by atoms with Crippen molar-refractivity contribution in [3.8, 4) is 11.4 Å². The zero-order valence-corrected chi connectivity index (χ0v) is 13.0. The van der Waals surface area contributed by atoms with Gasteiger partial charge in [0.1, 0.15) is 0 Å². The number of hydrogen-bond acceptors (Lipinski definition) is 4. The van der Waals surface area contributed by atoms with E-state index < -0.39 is 0 Å². The van der Waals surface area contributed by atoms with Gasteiger partial charge in [-0.1, -0.05) is 42.1 Å². The van der Waals surface area contributed by atoms with Crippen molar-refractivity contribution in [2.45, 2.75) is 9.79 Å². The van der Waals surface area contributed by atoms with Gasteiger partial charge in [-0.05, 0) is 47.5 Å². The lowest BCUT2D eigenvalue weighted by atomic mass is 10.2. The van der Waals surface area contributed by atoms with Crippen molar-refractivity contribution in [1.29, 1.82) is 0 Å². The Kier molecular flexibility index (Phi) is 4.39. The first-order chi connectivity index (χ1) is 10.2. The zero-order valence-electron chi connectivity index (χ0n) is 10.7. The summed E-state index contributed by atoms with van der Waals surface area (Å²) in [6.45, 7) is 0. The van der Waals surface area contributed by atoms with E-state index in [-0.39, 0.29) is 10.6 Å². The van der Waals surface area contributed by atoms with Crippen LogP contribution >= 0.6 is 35.0 Å². The quantitative estimate of drug-likeness (QED) is 0.676. The van der Waals surface area contributed by atoms with Gasteiger partial charge in [0.2, 0.25) is 10.6 Å². The molecule has 0 bridgehead atoms. The normalized spacial score (nSPS) is 10.6. The monoisotopic (exact) mass is 333 g/mol. The molecule has 0 saturated heterocycles. The fourth-order valence-corrected chi connectivity index (χ4v) is 2.95. The van der Waals surface area contributed by atoms with Crippen LogP contribution in [0.4, 0.5) is 0 Å². The van der Waals surface area contributed by atoms with Crippen LogP contribution in [0.1, 0.15) is 0 Å². The van der Waals surface area contributed by atoms with Crippen LogP contribution < -0.4 is 0 Å². The molecule has 0 aliphatic rings. The van der Waals surface area contributed by atoms with Gasteiger partial charge in [0.25, 0.3) is 0 Å². The molecule has 0 fully saturated rings. The lowest BCUT2D eigenvalue weighted by molar-refractivity contribution is 1.06. The van der Waals surface area contributed by atoms with Crippen LogP contribution in [-0.4, -0.2) is 15.0 Å². The van der Waals surface area contributed by atoms with Gasteiger partial charge < -0.3 is 0 Å². The van der Waals surface area contributed by atoms with Crippen LogP contribution in [0.2, 0.25) is 10.6 Å². The van der Waals surface area contributed by atoms with Crippen LogP contribution in [0.3, 0.4) is 0 Å². The van der Waals surface area contributed by atoms with Gasteiger partial charge in [-0.15, -0.1) is 0 Å². The van der Waals surface area contributed by atoms with Gasteiger partial charge in [-0.3, -0.25) is 0 Å². The summed E-state index contributed by atoms with van der Waals surface area (Å²) in [5.74, 6) is 0.469. The van der Waals surface area contributed by atoms with Gasteiger partial charge in [-0.2, -0.15) is 15.0 Å². The second-order valence-electron chi connectivity index (χ2n) is 4.14. The summed E-state index contributed by atoms with van der Waals surface area (Å²) in [6, 6.07) is 18.1. The summed E-state index contributed by atoms with van der Waals surface area (Å²) >= 11 is 13.3. The molecule has 3 nitrogen and oxygen atoms in total. The molecular weight excluding hydrogens is 325 g/mol. The van der Waals surface area contributed by atoms with Gasteiger partial charge in [0.05, 0.1) is 0 Å². The third-order valence-corrected chi connectivity index (χ3v) is 4.03. The van der Waals surface area contributed by atoms with Gasteiger partial charge in [-0.25, -0.2) is 0 Å². The standard InChI is InChI=1S/C15H9Cl2N3S/c16-14-18-13(19-15(17)20-14)10-6-8-12(9-7-10)21-11-4-2-1-3-5-11/h1-9H. The lowest BCUT2D eigenvalue weighted by Gasteiger charge is -2.04. The van der Waals surface area contributed by atoms with Crippen molar-refractivity contribution >= 4 is 35.0 Å². The molecule has 21 heavy (non-hydrogen) atoms. The number of aromatic nitrogens is 3. The highest BCUT2D eigenvalue weighted by atomic mass is 35.5. The Bertz CT molecular complexity index is 728. The summed E-state index contributed by atoms with van der Waals surface area (Å²) in [7, 11) is 0. The van der Waals surface area contributed by atoms with Crippen LogP contribution in [0.25, 0.3) is 11.4 Å². The van der Waals surface area contributed by atoms with Crippen molar-refractivity contribution < 1.29 is 0 Å². The third kappa shape index (κ3) is 3.73. The highest BCUT2D eigenvalue weighted by molar-refractivity contribution is 7.99. The van der Waals surface area contributed by atoms with Crippen molar-refractivity contribution in [3.05, 3.63) is 65.2 Å². The minimum atomic E-state index is 0.0905. The van der Waals surface area contributed by atoms with E-state index in [2.05, 4.69) is 27.1 Å². The maximum Gasteiger partial charge on any atom is 0.227 e. The minimum Gasteiger partial charge on any atom is -0.198 e. The molecule has 0 saturated carbocycles. The first-order valence-electron chi connectivity index (χ1n) is 6.11. The fraction of sp³-hybridized carbons (Fsp3) is 0. The van der Waals surface area contributed by atoms with Gasteiger partial charge >= 0.3 is 0 Å². The molecule has 3 rings (SSSR count). The van der Waals surface area contributed by atoms with Gasteiger partial charge in [0, 0.05) is 15.4 Å². The van der Waals surface area contributed by atoms with Crippen molar-refractivity contribution in [2.24, 2.45) is 0 Å². The molecule has 0 spiro atoms.